The second-order valence-electron chi connectivity index (χ2n) is 9.51. The zero-order valence-corrected chi connectivity index (χ0v) is 19.8. The fourth-order valence-corrected chi connectivity index (χ4v) is 5.50. The molecule has 1 aromatic carbocycles. The highest BCUT2D eigenvalue weighted by Crippen LogP contribution is 2.37. The van der Waals surface area contributed by atoms with Gasteiger partial charge in [0, 0.05) is 52.4 Å². The van der Waals surface area contributed by atoms with Crippen molar-refractivity contribution in [3.8, 4) is 0 Å². The highest BCUT2D eigenvalue weighted by Gasteiger charge is 2.49. The minimum absolute atomic E-state index is 0.0355. The van der Waals surface area contributed by atoms with Crippen molar-refractivity contribution in [2.45, 2.75) is 38.0 Å². The van der Waals surface area contributed by atoms with Gasteiger partial charge in [-0.15, -0.1) is 0 Å². The summed E-state index contributed by atoms with van der Waals surface area (Å²) in [6, 6.07) is 4.88. The predicted octanol–water partition coefficient (Wildman–Crippen LogP) is 1.22. The van der Waals surface area contributed by atoms with Crippen molar-refractivity contribution in [3.05, 3.63) is 45.9 Å². The first kappa shape index (κ1) is 23.3. The van der Waals surface area contributed by atoms with Gasteiger partial charge in [-0.25, -0.2) is 4.39 Å². The summed E-state index contributed by atoms with van der Waals surface area (Å²) < 4.78 is 13.5. The summed E-state index contributed by atoms with van der Waals surface area (Å²) in [5.41, 5.74) is 1.38. The quantitative estimate of drug-likeness (QED) is 0.686. The highest BCUT2D eigenvalue weighted by atomic mass is 35.5. The molecule has 1 aliphatic carbocycles. The summed E-state index contributed by atoms with van der Waals surface area (Å²) in [6.45, 7) is 3.25. The minimum atomic E-state index is -1.55. The van der Waals surface area contributed by atoms with E-state index >= 15 is 0 Å². The van der Waals surface area contributed by atoms with Crippen LogP contribution in [0.25, 0.3) is 0 Å². The lowest BCUT2D eigenvalue weighted by Gasteiger charge is -2.43. The van der Waals surface area contributed by atoms with Crippen LogP contribution in [0.3, 0.4) is 0 Å². The normalized spacial score (nSPS) is 26.3. The Bertz CT molecular complexity index is 1070. The number of piperidine rings is 1. The van der Waals surface area contributed by atoms with Gasteiger partial charge in [-0.3, -0.25) is 19.3 Å². The number of aliphatic hydroxyl groups is 1. The molecular formula is C24H28ClFN4O4. The maximum absolute atomic E-state index is 13.5. The number of rotatable bonds is 4. The van der Waals surface area contributed by atoms with E-state index in [0.29, 0.717) is 43.2 Å². The van der Waals surface area contributed by atoms with Gasteiger partial charge in [-0.1, -0.05) is 17.7 Å². The molecule has 10 heteroatoms. The van der Waals surface area contributed by atoms with Crippen molar-refractivity contribution >= 4 is 29.3 Å². The van der Waals surface area contributed by atoms with Gasteiger partial charge in [0.2, 0.25) is 5.91 Å². The second kappa shape index (κ2) is 8.94. The number of hydrogen-bond acceptors (Lipinski definition) is 5. The Morgan fingerprint density at radius 1 is 1.12 bits per heavy atom. The highest BCUT2D eigenvalue weighted by molar-refractivity contribution is 6.30. The number of carbonyl (C=O) groups is 3. The van der Waals surface area contributed by atoms with Crippen LogP contribution < -0.4 is 0 Å². The summed E-state index contributed by atoms with van der Waals surface area (Å²) in [5.74, 6) is -2.98. The molecule has 2 atom stereocenters. The number of hydrogen-bond donors (Lipinski definition) is 1. The van der Waals surface area contributed by atoms with Crippen LogP contribution in [0.1, 0.15) is 24.8 Å². The summed E-state index contributed by atoms with van der Waals surface area (Å²) >= 11 is 5.87. The SMILES string of the molecule is CN1C(=O)C(O)C2C(=O)N(Cc3ccc(F)c(Cl)c3)CCC2=C1C(=O)N1CCN(C2CC2)CC1. The second-order valence-corrected chi connectivity index (χ2v) is 9.92. The number of nitrogens with zero attached hydrogens (tertiary/aromatic N) is 4. The molecule has 1 saturated carbocycles. The summed E-state index contributed by atoms with van der Waals surface area (Å²) in [4.78, 5) is 46.6. The number of benzene rings is 1. The molecule has 1 N–H and O–H groups in total. The number of amides is 3. The zero-order chi connectivity index (χ0) is 24.1. The largest absolute Gasteiger partial charge is 0.382 e. The Morgan fingerprint density at radius 2 is 1.82 bits per heavy atom. The molecule has 3 aliphatic heterocycles. The Hall–Kier alpha value is -2.49. The van der Waals surface area contributed by atoms with Crippen LogP contribution in [0, 0.1) is 11.7 Å². The number of carbonyl (C=O) groups excluding carboxylic acids is 3. The van der Waals surface area contributed by atoms with Gasteiger partial charge in [0.25, 0.3) is 11.8 Å². The average Bonchev–Trinajstić information content (AvgIpc) is 3.67. The maximum Gasteiger partial charge on any atom is 0.270 e. The number of fused-ring (bicyclic) bond motifs is 1. The molecule has 3 heterocycles. The molecule has 0 aromatic heterocycles. The fourth-order valence-electron chi connectivity index (χ4n) is 5.30. The maximum atomic E-state index is 13.5. The molecular weight excluding hydrogens is 463 g/mol. The van der Waals surface area contributed by atoms with Gasteiger partial charge in [0.05, 0.1) is 10.9 Å². The lowest BCUT2D eigenvalue weighted by atomic mass is 9.81. The Labute approximate surface area is 202 Å². The van der Waals surface area contributed by atoms with E-state index < -0.39 is 29.7 Å². The van der Waals surface area contributed by atoms with E-state index in [1.165, 1.54) is 41.8 Å². The molecule has 5 rings (SSSR count). The van der Waals surface area contributed by atoms with Crippen LogP contribution >= 0.6 is 11.6 Å². The van der Waals surface area contributed by atoms with Gasteiger partial charge in [0.15, 0.2) is 0 Å². The fraction of sp³-hybridized carbons (Fsp3) is 0.542. The van der Waals surface area contributed by atoms with Crippen molar-refractivity contribution in [1.82, 2.24) is 19.6 Å². The van der Waals surface area contributed by atoms with Crippen molar-refractivity contribution in [1.29, 1.82) is 0 Å². The van der Waals surface area contributed by atoms with E-state index in [-0.39, 0.29) is 23.2 Å². The molecule has 3 fully saturated rings. The van der Waals surface area contributed by atoms with Crippen molar-refractivity contribution in [2.24, 2.45) is 5.92 Å². The summed E-state index contributed by atoms with van der Waals surface area (Å²) in [7, 11) is 1.49. The summed E-state index contributed by atoms with van der Waals surface area (Å²) in [6.07, 6.45) is 1.24. The predicted molar refractivity (Wildman–Crippen MR) is 122 cm³/mol. The van der Waals surface area contributed by atoms with E-state index in [2.05, 4.69) is 4.90 Å². The third-order valence-electron chi connectivity index (χ3n) is 7.37. The van der Waals surface area contributed by atoms with Crippen LogP contribution in [0.5, 0.6) is 0 Å². The monoisotopic (exact) mass is 490 g/mol. The van der Waals surface area contributed by atoms with Gasteiger partial charge < -0.3 is 19.8 Å². The lowest BCUT2D eigenvalue weighted by Crippen LogP contribution is -2.58. The average molecular weight is 491 g/mol. The van der Waals surface area contributed by atoms with Gasteiger partial charge >= 0.3 is 0 Å². The topological polar surface area (TPSA) is 84.4 Å². The summed E-state index contributed by atoms with van der Waals surface area (Å²) in [5, 5.41) is 10.7. The van der Waals surface area contributed by atoms with E-state index in [4.69, 9.17) is 11.6 Å². The van der Waals surface area contributed by atoms with E-state index in [9.17, 15) is 23.9 Å². The molecule has 8 nitrogen and oxygen atoms in total. The standard InChI is InChI=1S/C24H28ClFN4O4/c1-27-20(23(33)29-10-8-28(9-11-29)15-3-4-15)16-6-7-30(22(32)19(16)21(31)24(27)34)13-14-2-5-18(26)17(25)12-14/h2,5,12,15,19,21,31H,3-4,6-11,13H2,1H3. The van der Waals surface area contributed by atoms with Crippen molar-refractivity contribution in [3.63, 3.8) is 0 Å². The molecule has 3 amide bonds. The van der Waals surface area contributed by atoms with E-state index in [0.717, 1.165) is 13.1 Å². The first-order valence-corrected chi connectivity index (χ1v) is 12.1. The molecule has 1 aromatic rings. The lowest BCUT2D eigenvalue weighted by molar-refractivity contribution is -0.154. The number of likely N-dealkylation sites (tertiary alicyclic amines) is 1. The minimum Gasteiger partial charge on any atom is -0.382 e. The number of likely N-dealkylation sites (N-methyl/N-ethyl adjacent to an activating group) is 1. The van der Waals surface area contributed by atoms with Crippen molar-refractivity contribution < 1.29 is 23.9 Å². The molecule has 2 saturated heterocycles. The van der Waals surface area contributed by atoms with Crippen LogP contribution in [0.4, 0.5) is 4.39 Å². The van der Waals surface area contributed by atoms with Crippen molar-refractivity contribution in [2.75, 3.05) is 39.8 Å². The number of aliphatic hydroxyl groups excluding tert-OH is 1. The molecule has 34 heavy (non-hydrogen) atoms. The third kappa shape index (κ3) is 4.10. The van der Waals surface area contributed by atoms with E-state index in [1.54, 1.807) is 11.0 Å². The van der Waals surface area contributed by atoms with Crippen LogP contribution in [0.15, 0.2) is 29.5 Å². The Morgan fingerprint density at radius 3 is 2.47 bits per heavy atom. The van der Waals surface area contributed by atoms with Gasteiger partial charge in [-0.05, 0) is 42.5 Å². The molecule has 4 aliphatic rings. The number of halogens is 2. The molecule has 0 spiro atoms. The molecule has 2 unspecified atom stereocenters. The number of piperazine rings is 1. The van der Waals surface area contributed by atoms with Gasteiger partial charge in [0.1, 0.15) is 17.6 Å². The third-order valence-corrected chi connectivity index (χ3v) is 7.66. The molecule has 182 valence electrons. The first-order valence-electron chi connectivity index (χ1n) is 11.7. The van der Waals surface area contributed by atoms with Crippen LogP contribution in [-0.4, -0.2) is 94.3 Å². The Kier molecular flexibility index (Phi) is 6.12. The van der Waals surface area contributed by atoms with E-state index in [1.807, 2.05) is 0 Å². The van der Waals surface area contributed by atoms with Crippen LogP contribution in [-0.2, 0) is 20.9 Å². The molecule has 0 radical (unpaired) electrons. The first-order chi connectivity index (χ1) is 16.3. The zero-order valence-electron chi connectivity index (χ0n) is 19.0. The smallest absolute Gasteiger partial charge is 0.270 e. The molecule has 0 bridgehead atoms. The van der Waals surface area contributed by atoms with Gasteiger partial charge in [-0.2, -0.15) is 0 Å². The Balaban J connectivity index is 1.38. The van der Waals surface area contributed by atoms with Crippen LogP contribution in [0.2, 0.25) is 5.02 Å².